The summed E-state index contributed by atoms with van der Waals surface area (Å²) >= 11 is 0. The normalized spacial score (nSPS) is 19.2. The first-order chi connectivity index (χ1) is 9.24. The number of benzene rings is 1. The van der Waals surface area contributed by atoms with Gasteiger partial charge in [-0.2, -0.15) is 0 Å². The van der Waals surface area contributed by atoms with E-state index in [4.69, 9.17) is 0 Å². The monoisotopic (exact) mass is 259 g/mol. The van der Waals surface area contributed by atoms with Crippen molar-refractivity contribution in [2.45, 2.75) is 12.8 Å². The molecule has 5 heteroatoms. The number of Topliss-reactive ketones (excluding diaryl/α,β-unsaturated/α-hetero) is 1. The van der Waals surface area contributed by atoms with Gasteiger partial charge < -0.3 is 10.3 Å². The fourth-order valence-electron chi connectivity index (χ4n) is 2.62. The Kier molecular flexibility index (Phi) is 3.21. The van der Waals surface area contributed by atoms with Crippen LogP contribution in [0.4, 0.5) is 5.69 Å². The van der Waals surface area contributed by atoms with Gasteiger partial charge in [-0.3, -0.25) is 9.59 Å². The molecular weight excluding hydrogens is 242 g/mol. The van der Waals surface area contributed by atoms with Gasteiger partial charge in [-0.1, -0.05) is 12.1 Å². The van der Waals surface area contributed by atoms with Crippen molar-refractivity contribution in [3.8, 4) is 0 Å². The maximum Gasteiger partial charge on any atom is 0.238 e. The molecule has 0 bridgehead atoms. The van der Waals surface area contributed by atoms with Gasteiger partial charge in [-0.15, -0.1) is 0 Å². The topological polar surface area (TPSA) is 52.7 Å². The van der Waals surface area contributed by atoms with E-state index in [-0.39, 0.29) is 24.8 Å². The molecule has 1 aromatic carbocycles. The highest BCUT2D eigenvalue weighted by atomic mass is 16.2. The van der Waals surface area contributed by atoms with Crippen LogP contribution in [0.15, 0.2) is 24.3 Å². The predicted octanol–water partition coefficient (Wildman–Crippen LogP) is 1.13. The number of hydrogen-bond acceptors (Lipinski definition) is 4. The van der Waals surface area contributed by atoms with Gasteiger partial charge in [0, 0.05) is 18.7 Å². The third-order valence-electron chi connectivity index (χ3n) is 3.63. The third-order valence-corrected chi connectivity index (χ3v) is 3.63. The highest BCUT2D eigenvalue weighted by Crippen LogP contribution is 2.21. The van der Waals surface area contributed by atoms with Gasteiger partial charge in [0.1, 0.15) is 0 Å². The largest absolute Gasteiger partial charge is 0.342 e. The molecule has 2 heterocycles. The molecule has 1 N–H and O–H groups in total. The molecule has 19 heavy (non-hydrogen) atoms. The summed E-state index contributed by atoms with van der Waals surface area (Å²) in [5.41, 5.74) is 4.63. The molecule has 2 aliphatic heterocycles. The quantitative estimate of drug-likeness (QED) is 0.865. The lowest BCUT2D eigenvalue weighted by atomic mass is 10.1. The third kappa shape index (κ3) is 2.46. The summed E-state index contributed by atoms with van der Waals surface area (Å²) in [7, 11) is 0. The molecule has 3 rings (SSSR count). The van der Waals surface area contributed by atoms with Crippen molar-refractivity contribution in [3.05, 3.63) is 29.8 Å². The summed E-state index contributed by atoms with van der Waals surface area (Å²) in [6.07, 6.45) is 2.17. The van der Waals surface area contributed by atoms with Gasteiger partial charge in [-0.25, -0.2) is 5.01 Å². The van der Waals surface area contributed by atoms with Crippen molar-refractivity contribution >= 4 is 17.4 Å². The smallest absolute Gasteiger partial charge is 0.238 e. The number of ketones is 1. The van der Waals surface area contributed by atoms with E-state index in [9.17, 15) is 9.59 Å². The zero-order valence-electron chi connectivity index (χ0n) is 10.8. The van der Waals surface area contributed by atoms with Gasteiger partial charge in [0.05, 0.1) is 18.8 Å². The molecule has 0 radical (unpaired) electrons. The lowest BCUT2D eigenvalue weighted by molar-refractivity contribution is -0.130. The molecule has 2 aliphatic rings. The Morgan fingerprint density at radius 3 is 2.74 bits per heavy atom. The van der Waals surface area contributed by atoms with Gasteiger partial charge >= 0.3 is 0 Å². The number of rotatable bonds is 2. The molecular formula is C14H17N3O2. The summed E-state index contributed by atoms with van der Waals surface area (Å²) in [4.78, 5) is 25.9. The van der Waals surface area contributed by atoms with E-state index in [0.717, 1.165) is 31.6 Å². The fraction of sp³-hybridized carbons (Fsp3) is 0.429. The Hall–Kier alpha value is -1.88. The summed E-state index contributed by atoms with van der Waals surface area (Å²) in [5.74, 6) is 0.153. The van der Waals surface area contributed by atoms with E-state index >= 15 is 0 Å². The number of nitrogens with one attached hydrogen (secondary N) is 1. The fourth-order valence-corrected chi connectivity index (χ4v) is 2.62. The molecule has 0 saturated carbocycles. The molecule has 1 fully saturated rings. The van der Waals surface area contributed by atoms with Gasteiger partial charge in [0.15, 0.2) is 5.78 Å². The van der Waals surface area contributed by atoms with Crippen LogP contribution in [0.1, 0.15) is 23.2 Å². The van der Waals surface area contributed by atoms with Crippen LogP contribution in [0.25, 0.3) is 0 Å². The van der Waals surface area contributed by atoms with Crippen LogP contribution in [0.5, 0.6) is 0 Å². The zero-order valence-corrected chi connectivity index (χ0v) is 10.8. The summed E-state index contributed by atoms with van der Waals surface area (Å²) in [5, 5.41) is 1.70. The molecule has 100 valence electrons. The number of carbonyl (C=O) groups excluding carboxylic acids is 2. The van der Waals surface area contributed by atoms with E-state index in [1.807, 2.05) is 29.2 Å². The van der Waals surface area contributed by atoms with Crippen molar-refractivity contribution < 1.29 is 9.59 Å². The first-order valence-electron chi connectivity index (χ1n) is 6.65. The first kappa shape index (κ1) is 12.2. The minimum absolute atomic E-state index is 0.0589. The Morgan fingerprint density at radius 2 is 1.95 bits per heavy atom. The molecule has 0 aromatic heterocycles. The van der Waals surface area contributed by atoms with E-state index in [0.29, 0.717) is 5.56 Å². The van der Waals surface area contributed by atoms with Crippen LogP contribution in [0.3, 0.4) is 0 Å². The van der Waals surface area contributed by atoms with E-state index < -0.39 is 0 Å². The highest BCUT2D eigenvalue weighted by molar-refractivity contribution is 6.04. The number of amides is 1. The number of nitrogens with zero attached hydrogens (tertiary/aromatic N) is 2. The second-order valence-corrected chi connectivity index (χ2v) is 5.02. The van der Waals surface area contributed by atoms with Gasteiger partial charge in [0.25, 0.3) is 0 Å². The zero-order chi connectivity index (χ0) is 13.2. The number of hydrazine groups is 1. The molecule has 1 saturated heterocycles. The van der Waals surface area contributed by atoms with Gasteiger partial charge in [-0.05, 0) is 25.0 Å². The molecule has 0 unspecified atom stereocenters. The molecule has 0 atom stereocenters. The molecule has 0 spiro atoms. The summed E-state index contributed by atoms with van der Waals surface area (Å²) < 4.78 is 0. The molecule has 1 aromatic rings. The Bertz CT molecular complexity index is 509. The van der Waals surface area contributed by atoms with Crippen LogP contribution in [-0.4, -0.2) is 47.8 Å². The van der Waals surface area contributed by atoms with Crippen molar-refractivity contribution in [1.29, 1.82) is 0 Å². The van der Waals surface area contributed by atoms with E-state index in [1.54, 1.807) is 5.01 Å². The summed E-state index contributed by atoms with van der Waals surface area (Å²) in [6, 6.07) is 7.40. The minimum Gasteiger partial charge on any atom is -0.342 e. The average molecular weight is 259 g/mol. The standard InChI is InChI=1S/C14H17N3O2/c18-13-9-17(10-14(19)16-7-3-4-8-16)15-12-6-2-1-5-11(12)13/h1-2,5-6,15H,3-4,7-10H2. The van der Waals surface area contributed by atoms with Crippen LogP contribution in [0.2, 0.25) is 0 Å². The summed E-state index contributed by atoms with van der Waals surface area (Å²) in [6.45, 7) is 2.19. The van der Waals surface area contributed by atoms with Crippen molar-refractivity contribution in [2.24, 2.45) is 0 Å². The van der Waals surface area contributed by atoms with Crippen molar-refractivity contribution in [2.75, 3.05) is 31.6 Å². The van der Waals surface area contributed by atoms with Crippen LogP contribution in [-0.2, 0) is 4.79 Å². The number of para-hydroxylation sites is 1. The van der Waals surface area contributed by atoms with Crippen molar-refractivity contribution in [3.63, 3.8) is 0 Å². The maximum atomic E-state index is 12.1. The average Bonchev–Trinajstić information content (AvgIpc) is 2.93. The molecule has 1 amide bonds. The second kappa shape index (κ2) is 5.01. The van der Waals surface area contributed by atoms with E-state index in [2.05, 4.69) is 5.43 Å². The Morgan fingerprint density at radius 1 is 1.21 bits per heavy atom. The Balaban J connectivity index is 1.68. The molecule has 5 nitrogen and oxygen atoms in total. The Labute approximate surface area is 112 Å². The van der Waals surface area contributed by atoms with Crippen molar-refractivity contribution in [1.82, 2.24) is 9.91 Å². The number of likely N-dealkylation sites (tertiary alicyclic amines) is 1. The number of carbonyl (C=O) groups is 2. The SMILES string of the molecule is O=C1CN(CC(=O)N2CCCC2)Nc2ccccc21. The number of fused-ring (bicyclic) bond motifs is 1. The van der Waals surface area contributed by atoms with E-state index in [1.165, 1.54) is 0 Å². The van der Waals surface area contributed by atoms with Crippen LogP contribution >= 0.6 is 0 Å². The van der Waals surface area contributed by atoms with Gasteiger partial charge in [0.2, 0.25) is 5.91 Å². The lowest BCUT2D eigenvalue weighted by Crippen LogP contribution is -2.46. The van der Waals surface area contributed by atoms with Crippen LogP contribution in [0, 0.1) is 0 Å². The second-order valence-electron chi connectivity index (χ2n) is 5.02. The maximum absolute atomic E-state index is 12.1. The minimum atomic E-state index is 0.0589. The van der Waals surface area contributed by atoms with Crippen LogP contribution < -0.4 is 5.43 Å². The highest BCUT2D eigenvalue weighted by Gasteiger charge is 2.26. The lowest BCUT2D eigenvalue weighted by Gasteiger charge is -2.30. The number of anilines is 1. The first-order valence-corrected chi connectivity index (χ1v) is 6.65. The molecule has 0 aliphatic carbocycles. The number of hydrogen-bond donors (Lipinski definition) is 1. The predicted molar refractivity (Wildman–Crippen MR) is 71.8 cm³/mol.